The standard InChI is InChI=1S/C28H27N5O6/c34-25(35)13-24-27(37)30-16-22-11-10-21(12-23(22)32-24)26(36)29-14-18-6-8-19(9-7-18)15-31-33-28(38)39-17-20-4-2-1-3-5-20/h1-12,15,24,32H,13-14,16-17H2,(H,29,36)(H,30,37)(H,33,38)(H,34,35). The van der Waals surface area contributed by atoms with Crippen molar-refractivity contribution in [3.05, 3.63) is 101 Å². The molecule has 0 saturated carbocycles. The highest BCUT2D eigenvalue weighted by atomic mass is 16.6. The van der Waals surface area contributed by atoms with E-state index in [4.69, 9.17) is 9.84 Å². The average molecular weight is 530 g/mol. The fourth-order valence-electron chi connectivity index (χ4n) is 3.80. The van der Waals surface area contributed by atoms with Crippen molar-refractivity contribution in [2.24, 2.45) is 5.10 Å². The number of carboxylic acids is 1. The molecule has 5 N–H and O–H groups in total. The summed E-state index contributed by atoms with van der Waals surface area (Å²) in [6.45, 7) is 0.651. The Labute approximate surface area is 224 Å². The van der Waals surface area contributed by atoms with Crippen LogP contribution in [-0.2, 0) is 34.0 Å². The van der Waals surface area contributed by atoms with Gasteiger partial charge in [-0.3, -0.25) is 14.4 Å². The number of hydrazone groups is 1. The van der Waals surface area contributed by atoms with Crippen molar-refractivity contribution in [1.29, 1.82) is 0 Å². The van der Waals surface area contributed by atoms with E-state index in [0.29, 0.717) is 11.3 Å². The minimum atomic E-state index is -1.10. The van der Waals surface area contributed by atoms with Crippen LogP contribution in [0.2, 0.25) is 0 Å². The van der Waals surface area contributed by atoms with E-state index in [2.05, 4.69) is 26.5 Å². The Kier molecular flexibility index (Phi) is 8.86. The monoisotopic (exact) mass is 529 g/mol. The summed E-state index contributed by atoms with van der Waals surface area (Å²) >= 11 is 0. The van der Waals surface area contributed by atoms with Crippen molar-refractivity contribution in [3.8, 4) is 0 Å². The smallest absolute Gasteiger partial charge is 0.428 e. The molecule has 0 radical (unpaired) electrons. The number of ether oxygens (including phenoxy) is 1. The Balaban J connectivity index is 1.26. The molecule has 11 heteroatoms. The SMILES string of the molecule is O=C(O)CC1Nc2cc(C(=O)NCc3ccc(C=NNC(=O)OCc4ccccc4)cc3)ccc2CNC1=O. The predicted octanol–water partition coefficient (Wildman–Crippen LogP) is 2.76. The zero-order chi connectivity index (χ0) is 27.6. The molecule has 200 valence electrons. The molecular formula is C28H27N5O6. The van der Waals surface area contributed by atoms with Crippen LogP contribution in [0.4, 0.5) is 10.5 Å². The van der Waals surface area contributed by atoms with E-state index in [0.717, 1.165) is 22.3 Å². The molecule has 3 amide bonds. The van der Waals surface area contributed by atoms with Crippen molar-refractivity contribution >= 4 is 35.8 Å². The molecule has 4 rings (SSSR count). The summed E-state index contributed by atoms with van der Waals surface area (Å²) in [6.07, 6.45) is 0.436. The normalized spacial score (nSPS) is 14.4. The first-order chi connectivity index (χ1) is 18.9. The number of benzene rings is 3. The van der Waals surface area contributed by atoms with Gasteiger partial charge < -0.3 is 25.8 Å². The number of carbonyl (C=O) groups is 4. The Hall–Kier alpha value is -5.19. The molecular weight excluding hydrogens is 502 g/mol. The summed E-state index contributed by atoms with van der Waals surface area (Å²) in [5.74, 6) is -1.83. The van der Waals surface area contributed by atoms with Gasteiger partial charge in [-0.25, -0.2) is 10.2 Å². The second-order valence-electron chi connectivity index (χ2n) is 8.74. The van der Waals surface area contributed by atoms with Crippen molar-refractivity contribution in [2.75, 3.05) is 5.32 Å². The van der Waals surface area contributed by atoms with Crippen LogP contribution in [0.1, 0.15) is 39.0 Å². The maximum atomic E-state index is 12.7. The molecule has 0 spiro atoms. The van der Waals surface area contributed by atoms with Crippen LogP contribution in [0.25, 0.3) is 0 Å². The minimum Gasteiger partial charge on any atom is -0.481 e. The average Bonchev–Trinajstić information content (AvgIpc) is 3.09. The Morgan fingerprint density at radius 3 is 2.54 bits per heavy atom. The first kappa shape index (κ1) is 26.9. The second kappa shape index (κ2) is 12.9. The number of nitrogens with zero attached hydrogens (tertiary/aromatic N) is 1. The number of fused-ring (bicyclic) bond motifs is 1. The number of hydrogen-bond donors (Lipinski definition) is 5. The number of anilines is 1. The van der Waals surface area contributed by atoms with Gasteiger partial charge in [-0.05, 0) is 34.4 Å². The van der Waals surface area contributed by atoms with Gasteiger partial charge in [-0.2, -0.15) is 5.10 Å². The van der Waals surface area contributed by atoms with E-state index in [1.807, 2.05) is 42.5 Å². The largest absolute Gasteiger partial charge is 0.481 e. The van der Waals surface area contributed by atoms with Gasteiger partial charge in [0.25, 0.3) is 5.91 Å². The maximum Gasteiger partial charge on any atom is 0.428 e. The summed E-state index contributed by atoms with van der Waals surface area (Å²) in [6, 6.07) is 20.6. The molecule has 1 unspecified atom stereocenters. The first-order valence-electron chi connectivity index (χ1n) is 12.1. The van der Waals surface area contributed by atoms with Crippen LogP contribution in [0.3, 0.4) is 0 Å². The van der Waals surface area contributed by atoms with E-state index < -0.39 is 24.0 Å². The van der Waals surface area contributed by atoms with Crippen LogP contribution < -0.4 is 21.4 Å². The van der Waals surface area contributed by atoms with Crippen LogP contribution in [-0.4, -0.2) is 41.2 Å². The number of rotatable bonds is 9. The van der Waals surface area contributed by atoms with Gasteiger partial charge in [0.2, 0.25) is 5.91 Å². The van der Waals surface area contributed by atoms with E-state index in [1.165, 1.54) is 6.21 Å². The van der Waals surface area contributed by atoms with Gasteiger partial charge >= 0.3 is 12.1 Å². The summed E-state index contributed by atoms with van der Waals surface area (Å²) in [5, 5.41) is 21.4. The zero-order valence-corrected chi connectivity index (χ0v) is 20.8. The first-order valence-corrected chi connectivity index (χ1v) is 12.1. The molecule has 3 aromatic rings. The van der Waals surface area contributed by atoms with Gasteiger partial charge in [0.1, 0.15) is 12.6 Å². The lowest BCUT2D eigenvalue weighted by Gasteiger charge is -2.15. The zero-order valence-electron chi connectivity index (χ0n) is 20.8. The Morgan fingerprint density at radius 2 is 1.79 bits per heavy atom. The van der Waals surface area contributed by atoms with Crippen molar-refractivity contribution in [2.45, 2.75) is 32.2 Å². The molecule has 0 saturated heterocycles. The number of hydrogen-bond acceptors (Lipinski definition) is 7. The molecule has 1 aliphatic heterocycles. The highest BCUT2D eigenvalue weighted by Gasteiger charge is 2.25. The molecule has 1 aliphatic rings. The summed E-state index contributed by atoms with van der Waals surface area (Å²) in [4.78, 5) is 47.7. The van der Waals surface area contributed by atoms with E-state index in [9.17, 15) is 19.2 Å². The second-order valence-corrected chi connectivity index (χ2v) is 8.74. The van der Waals surface area contributed by atoms with Crippen LogP contribution >= 0.6 is 0 Å². The molecule has 11 nitrogen and oxygen atoms in total. The van der Waals surface area contributed by atoms with Gasteiger partial charge in [0.15, 0.2) is 0 Å². The number of aliphatic carboxylic acids is 1. The molecule has 39 heavy (non-hydrogen) atoms. The van der Waals surface area contributed by atoms with Crippen molar-refractivity contribution in [3.63, 3.8) is 0 Å². The number of amides is 3. The van der Waals surface area contributed by atoms with Crippen LogP contribution in [0, 0.1) is 0 Å². The third kappa shape index (κ3) is 7.89. The van der Waals surface area contributed by atoms with Crippen LogP contribution in [0.5, 0.6) is 0 Å². The number of nitrogens with one attached hydrogen (secondary N) is 4. The Bertz CT molecular complexity index is 1370. The fourth-order valence-corrected chi connectivity index (χ4v) is 3.80. The molecule has 0 fully saturated rings. The van der Waals surface area contributed by atoms with Gasteiger partial charge in [-0.1, -0.05) is 60.7 Å². The molecule has 1 atom stereocenters. The molecule has 0 aliphatic carbocycles. The number of carboxylic acid groups (broad SMARTS) is 1. The third-order valence-electron chi connectivity index (χ3n) is 5.87. The topological polar surface area (TPSA) is 158 Å². The third-order valence-corrected chi connectivity index (χ3v) is 5.87. The maximum absolute atomic E-state index is 12.7. The molecule has 0 aromatic heterocycles. The van der Waals surface area contributed by atoms with Crippen molar-refractivity contribution in [1.82, 2.24) is 16.1 Å². The van der Waals surface area contributed by atoms with Gasteiger partial charge in [0.05, 0.1) is 12.6 Å². The summed E-state index contributed by atoms with van der Waals surface area (Å²) in [7, 11) is 0. The lowest BCUT2D eigenvalue weighted by atomic mass is 10.1. The summed E-state index contributed by atoms with van der Waals surface area (Å²) < 4.78 is 5.09. The highest BCUT2D eigenvalue weighted by molar-refractivity contribution is 5.96. The van der Waals surface area contributed by atoms with Crippen molar-refractivity contribution < 1.29 is 29.0 Å². The van der Waals surface area contributed by atoms with E-state index in [-0.39, 0.29) is 32.0 Å². The fraction of sp³-hybridized carbons (Fsp3) is 0.179. The minimum absolute atomic E-state index is 0.146. The number of carbonyl (C=O) groups excluding carboxylic acids is 3. The quantitative estimate of drug-likeness (QED) is 0.211. The van der Waals surface area contributed by atoms with E-state index >= 15 is 0 Å². The molecule has 1 heterocycles. The Morgan fingerprint density at radius 1 is 1.03 bits per heavy atom. The predicted molar refractivity (Wildman–Crippen MR) is 143 cm³/mol. The molecule has 0 bridgehead atoms. The lowest BCUT2D eigenvalue weighted by molar-refractivity contribution is -0.139. The lowest BCUT2D eigenvalue weighted by Crippen LogP contribution is -2.38. The van der Waals surface area contributed by atoms with Crippen LogP contribution in [0.15, 0.2) is 77.9 Å². The van der Waals surface area contributed by atoms with E-state index in [1.54, 1.807) is 30.3 Å². The van der Waals surface area contributed by atoms with Gasteiger partial charge in [0, 0.05) is 24.3 Å². The summed E-state index contributed by atoms with van der Waals surface area (Å²) in [5.41, 5.74) is 6.43. The van der Waals surface area contributed by atoms with Gasteiger partial charge in [-0.15, -0.1) is 0 Å². The molecule has 3 aromatic carbocycles. The highest BCUT2D eigenvalue weighted by Crippen LogP contribution is 2.22.